The van der Waals surface area contributed by atoms with Crippen LogP contribution in [0.25, 0.3) is 0 Å². The number of piperidine rings is 1. The van der Waals surface area contributed by atoms with E-state index in [4.69, 9.17) is 20.6 Å². The molecule has 0 aromatic rings. The molecule has 19 heavy (non-hydrogen) atoms. The van der Waals surface area contributed by atoms with Gasteiger partial charge in [-0.2, -0.15) is 0 Å². The summed E-state index contributed by atoms with van der Waals surface area (Å²) in [7, 11) is -3.96. The van der Waals surface area contributed by atoms with Crippen molar-refractivity contribution in [2.24, 2.45) is 5.73 Å². The molecule has 1 atom stereocenters. The van der Waals surface area contributed by atoms with Crippen molar-refractivity contribution in [3.63, 3.8) is 0 Å². The molecule has 1 fully saturated rings. The highest BCUT2D eigenvalue weighted by molar-refractivity contribution is 7.51. The largest absolute Gasteiger partial charge is 0.480 e. The van der Waals surface area contributed by atoms with Gasteiger partial charge in [-0.25, -0.2) is 0 Å². The van der Waals surface area contributed by atoms with Crippen LogP contribution in [0.2, 0.25) is 0 Å². The highest BCUT2D eigenvalue weighted by atomic mass is 35.5. The van der Waals surface area contributed by atoms with E-state index in [1.807, 2.05) is 4.90 Å². The van der Waals surface area contributed by atoms with Crippen LogP contribution in [0.4, 0.5) is 0 Å². The third kappa shape index (κ3) is 7.46. The summed E-state index contributed by atoms with van der Waals surface area (Å²) < 4.78 is 10.7. The van der Waals surface area contributed by atoms with Gasteiger partial charge in [-0.1, -0.05) is 0 Å². The lowest BCUT2D eigenvalue weighted by molar-refractivity contribution is -0.145. The number of nitrogens with two attached hydrogens (primary N) is 1. The second-order valence-electron chi connectivity index (χ2n) is 4.58. The van der Waals surface area contributed by atoms with Crippen molar-refractivity contribution in [2.45, 2.75) is 24.8 Å². The molecule has 0 spiro atoms. The van der Waals surface area contributed by atoms with Crippen LogP contribution in [0.15, 0.2) is 0 Å². The van der Waals surface area contributed by atoms with Crippen molar-refractivity contribution in [1.29, 1.82) is 0 Å². The maximum atomic E-state index is 11.0. The van der Waals surface area contributed by atoms with Crippen molar-refractivity contribution in [2.75, 3.05) is 25.8 Å². The van der Waals surface area contributed by atoms with Crippen molar-refractivity contribution in [3.8, 4) is 0 Å². The lowest BCUT2D eigenvalue weighted by Crippen LogP contribution is -2.59. The zero-order chi connectivity index (χ0) is 13.1. The number of hydrogen-bond acceptors (Lipinski definition) is 4. The molecule has 1 saturated heterocycles. The smallest absolute Gasteiger partial charge is 0.325 e. The SMILES string of the molecule is Cl.Cl.NC1(C(=O)O)CCCN(CCCP(=O)(O)O)C1. The molecule has 1 aliphatic heterocycles. The fourth-order valence-electron chi connectivity index (χ4n) is 2.04. The maximum Gasteiger partial charge on any atom is 0.325 e. The van der Waals surface area contributed by atoms with Gasteiger partial charge in [0.2, 0.25) is 0 Å². The molecule has 5 N–H and O–H groups in total. The van der Waals surface area contributed by atoms with Crippen LogP contribution in [0.3, 0.4) is 0 Å². The first kappa shape index (κ1) is 21.4. The summed E-state index contributed by atoms with van der Waals surface area (Å²) in [6.45, 7) is 1.44. The van der Waals surface area contributed by atoms with Gasteiger partial charge in [0.15, 0.2) is 0 Å². The van der Waals surface area contributed by atoms with Crippen LogP contribution in [-0.2, 0) is 9.36 Å². The Morgan fingerprint density at radius 3 is 2.42 bits per heavy atom. The summed E-state index contributed by atoms with van der Waals surface area (Å²) in [6.07, 6.45) is 1.31. The highest BCUT2D eigenvalue weighted by Crippen LogP contribution is 2.35. The second-order valence-corrected chi connectivity index (χ2v) is 6.36. The number of nitrogens with zero attached hydrogens (tertiary/aromatic N) is 1. The number of aliphatic carboxylic acids is 1. The number of hydrogen-bond donors (Lipinski definition) is 4. The van der Waals surface area contributed by atoms with Crippen molar-refractivity contribution >= 4 is 38.4 Å². The van der Waals surface area contributed by atoms with E-state index in [-0.39, 0.29) is 37.5 Å². The Morgan fingerprint density at radius 1 is 1.37 bits per heavy atom. The van der Waals surface area contributed by atoms with Gasteiger partial charge >= 0.3 is 13.6 Å². The number of carbonyl (C=O) groups is 1. The van der Waals surface area contributed by atoms with E-state index in [2.05, 4.69) is 0 Å². The molecular weight excluding hydrogens is 318 g/mol. The zero-order valence-electron chi connectivity index (χ0n) is 10.4. The Morgan fingerprint density at radius 2 is 1.95 bits per heavy atom. The molecular formula is C9H21Cl2N2O5P. The van der Waals surface area contributed by atoms with Crippen molar-refractivity contribution < 1.29 is 24.3 Å². The first-order chi connectivity index (χ1) is 7.73. The quantitative estimate of drug-likeness (QED) is 0.530. The Labute approximate surface area is 124 Å². The molecule has 0 aromatic carbocycles. The van der Waals surface area contributed by atoms with Crippen molar-refractivity contribution in [1.82, 2.24) is 4.90 Å². The minimum Gasteiger partial charge on any atom is -0.480 e. The predicted octanol–water partition coefficient (Wildman–Crippen LogP) is 0.276. The summed E-state index contributed by atoms with van der Waals surface area (Å²) in [4.78, 5) is 30.3. The van der Waals surface area contributed by atoms with Gasteiger partial charge in [0.25, 0.3) is 0 Å². The van der Waals surface area contributed by atoms with E-state index in [0.29, 0.717) is 25.8 Å². The molecule has 0 amide bonds. The maximum absolute atomic E-state index is 11.0. The topological polar surface area (TPSA) is 124 Å². The summed E-state index contributed by atoms with van der Waals surface area (Å²) in [5.41, 5.74) is 4.53. The zero-order valence-corrected chi connectivity index (χ0v) is 12.9. The third-order valence-corrected chi connectivity index (χ3v) is 3.85. The van der Waals surface area contributed by atoms with Crippen LogP contribution in [0.1, 0.15) is 19.3 Å². The van der Waals surface area contributed by atoms with Gasteiger partial charge in [-0.05, 0) is 32.4 Å². The average Bonchev–Trinajstić information content (AvgIpc) is 2.15. The molecule has 0 bridgehead atoms. The van der Waals surface area contributed by atoms with Crippen LogP contribution in [-0.4, -0.2) is 57.1 Å². The van der Waals surface area contributed by atoms with Gasteiger partial charge in [0.05, 0.1) is 6.16 Å². The standard InChI is InChI=1S/C9H19N2O5P.2ClH/c10-9(8(12)13)3-1-4-11(7-9)5-2-6-17(14,15)16;;/h1-7,10H2,(H,12,13)(H2,14,15,16);2*1H. The van der Waals surface area contributed by atoms with Gasteiger partial charge in [0.1, 0.15) is 5.54 Å². The molecule has 7 nitrogen and oxygen atoms in total. The van der Waals surface area contributed by atoms with Crippen LogP contribution in [0, 0.1) is 0 Å². The van der Waals surface area contributed by atoms with E-state index in [1.54, 1.807) is 0 Å². The monoisotopic (exact) mass is 338 g/mol. The highest BCUT2D eigenvalue weighted by Gasteiger charge is 2.38. The molecule has 116 valence electrons. The molecule has 1 rings (SSSR count). The predicted molar refractivity (Wildman–Crippen MR) is 76.3 cm³/mol. The first-order valence-electron chi connectivity index (χ1n) is 5.52. The van der Waals surface area contributed by atoms with Gasteiger partial charge in [-0.3, -0.25) is 9.36 Å². The molecule has 10 heteroatoms. The minimum atomic E-state index is -3.96. The number of carboxylic acids is 1. The first-order valence-corrected chi connectivity index (χ1v) is 7.32. The number of rotatable bonds is 5. The molecule has 1 aliphatic rings. The normalized spacial score (nSPS) is 24.2. The minimum absolute atomic E-state index is 0. The fraction of sp³-hybridized carbons (Fsp3) is 0.889. The van der Waals surface area contributed by atoms with Gasteiger partial charge < -0.3 is 25.5 Å². The van der Waals surface area contributed by atoms with E-state index in [9.17, 15) is 9.36 Å². The third-order valence-electron chi connectivity index (χ3n) is 2.95. The molecule has 0 aliphatic carbocycles. The molecule has 0 radical (unpaired) electrons. The molecule has 0 saturated carbocycles. The van der Waals surface area contributed by atoms with E-state index >= 15 is 0 Å². The van der Waals surface area contributed by atoms with E-state index < -0.39 is 19.1 Å². The number of halogens is 2. The molecule has 1 heterocycles. The molecule has 1 unspecified atom stereocenters. The number of likely N-dealkylation sites (tertiary alicyclic amines) is 1. The Kier molecular flexibility index (Phi) is 9.49. The average molecular weight is 339 g/mol. The van der Waals surface area contributed by atoms with E-state index in [0.717, 1.165) is 6.54 Å². The lowest BCUT2D eigenvalue weighted by Gasteiger charge is -2.37. The van der Waals surface area contributed by atoms with Crippen LogP contribution in [0.5, 0.6) is 0 Å². The lowest BCUT2D eigenvalue weighted by atomic mass is 9.90. The van der Waals surface area contributed by atoms with Gasteiger partial charge in [0, 0.05) is 6.54 Å². The van der Waals surface area contributed by atoms with Gasteiger partial charge in [-0.15, -0.1) is 24.8 Å². The summed E-state index contributed by atoms with van der Waals surface area (Å²) in [5, 5.41) is 8.99. The summed E-state index contributed by atoms with van der Waals surface area (Å²) in [5.74, 6) is -1.02. The van der Waals surface area contributed by atoms with Crippen LogP contribution < -0.4 is 5.73 Å². The van der Waals surface area contributed by atoms with Crippen molar-refractivity contribution in [3.05, 3.63) is 0 Å². The van der Waals surface area contributed by atoms with Crippen LogP contribution >= 0.6 is 32.4 Å². The Balaban J connectivity index is 0. The summed E-state index contributed by atoms with van der Waals surface area (Å²) in [6, 6.07) is 0. The Hall–Kier alpha value is 0.120. The fourth-order valence-corrected chi connectivity index (χ4v) is 2.59. The second kappa shape index (κ2) is 8.42. The van der Waals surface area contributed by atoms with E-state index in [1.165, 1.54) is 0 Å². The number of carboxylic acid groups (broad SMARTS) is 1. The summed E-state index contributed by atoms with van der Waals surface area (Å²) >= 11 is 0. The molecule has 0 aromatic heterocycles. The Bertz CT molecular complexity index is 341.